The van der Waals surface area contributed by atoms with Crippen molar-refractivity contribution in [3.63, 3.8) is 0 Å². The topological polar surface area (TPSA) is 110 Å². The number of piperazine rings is 1. The molecule has 1 aromatic carbocycles. The summed E-state index contributed by atoms with van der Waals surface area (Å²) in [7, 11) is 0. The minimum Gasteiger partial charge on any atom is -0.460 e. The lowest BCUT2D eigenvalue weighted by Crippen LogP contribution is -2.50. The first kappa shape index (κ1) is 22.6. The van der Waals surface area contributed by atoms with Crippen LogP contribution in [0.1, 0.15) is 21.9 Å². The smallest absolute Gasteiger partial charge is 0.257 e. The molecule has 0 unspecified atom stereocenters. The molecule has 10 heteroatoms. The van der Waals surface area contributed by atoms with Crippen LogP contribution in [0.2, 0.25) is 0 Å². The summed E-state index contributed by atoms with van der Waals surface area (Å²) in [5.74, 6) is 2.06. The van der Waals surface area contributed by atoms with Gasteiger partial charge in [0.1, 0.15) is 17.2 Å². The molecule has 1 aliphatic heterocycles. The lowest BCUT2D eigenvalue weighted by Gasteiger charge is -2.34. The molecule has 1 saturated heterocycles. The lowest BCUT2D eigenvalue weighted by atomic mass is 10.1. The van der Waals surface area contributed by atoms with E-state index in [1.807, 2.05) is 54.3 Å². The second kappa shape index (κ2) is 9.59. The average Bonchev–Trinajstić information content (AvgIpc) is 3.59. The predicted molar refractivity (Wildman–Crippen MR) is 128 cm³/mol. The maximum atomic E-state index is 13.5. The van der Waals surface area contributed by atoms with Crippen molar-refractivity contribution < 1.29 is 18.5 Å². The fourth-order valence-corrected chi connectivity index (χ4v) is 4.08. The van der Waals surface area contributed by atoms with Crippen LogP contribution in [0.3, 0.4) is 0 Å². The zero-order valence-corrected chi connectivity index (χ0v) is 19.6. The van der Waals surface area contributed by atoms with Crippen LogP contribution in [0.5, 0.6) is 0 Å². The van der Waals surface area contributed by atoms with Crippen molar-refractivity contribution >= 4 is 17.6 Å². The molecule has 4 aromatic rings. The normalized spacial score (nSPS) is 14.3. The number of benzene rings is 1. The number of hydrogen-bond donors (Lipinski definition) is 1. The molecule has 1 N–H and O–H groups in total. The Labute approximate surface area is 202 Å². The maximum Gasteiger partial charge on any atom is 0.257 e. The minimum atomic E-state index is -0.169. The van der Waals surface area contributed by atoms with Crippen molar-refractivity contribution in [2.75, 3.05) is 38.0 Å². The van der Waals surface area contributed by atoms with E-state index in [1.54, 1.807) is 28.8 Å². The second-order valence-electron chi connectivity index (χ2n) is 8.52. The van der Waals surface area contributed by atoms with Gasteiger partial charge in [-0.05, 0) is 38.1 Å². The lowest BCUT2D eigenvalue weighted by molar-refractivity contribution is -0.117. The van der Waals surface area contributed by atoms with Crippen LogP contribution in [0.4, 0.5) is 5.82 Å². The van der Waals surface area contributed by atoms with Crippen LogP contribution in [0, 0.1) is 13.8 Å². The molecule has 0 bridgehead atoms. The highest BCUT2D eigenvalue weighted by Gasteiger charge is 2.28. The van der Waals surface area contributed by atoms with Crippen molar-refractivity contribution in [2.45, 2.75) is 13.8 Å². The summed E-state index contributed by atoms with van der Waals surface area (Å²) in [4.78, 5) is 29.7. The van der Waals surface area contributed by atoms with Crippen molar-refractivity contribution in [3.05, 3.63) is 71.8 Å². The van der Waals surface area contributed by atoms with Gasteiger partial charge in [0.05, 0.1) is 17.8 Å². The Morgan fingerprint density at radius 3 is 2.43 bits per heavy atom. The molecule has 1 fully saturated rings. The van der Waals surface area contributed by atoms with Gasteiger partial charge in [0, 0.05) is 38.4 Å². The van der Waals surface area contributed by atoms with Crippen LogP contribution < -0.4 is 5.32 Å². The quantitative estimate of drug-likeness (QED) is 0.457. The van der Waals surface area contributed by atoms with E-state index < -0.39 is 0 Å². The Kier molecular flexibility index (Phi) is 6.19. The summed E-state index contributed by atoms with van der Waals surface area (Å²) >= 11 is 0. The van der Waals surface area contributed by atoms with E-state index in [9.17, 15) is 9.59 Å². The molecule has 0 saturated carbocycles. The average molecular weight is 475 g/mol. The van der Waals surface area contributed by atoms with Gasteiger partial charge >= 0.3 is 0 Å². The highest BCUT2D eigenvalue weighted by atomic mass is 16.5. The first-order chi connectivity index (χ1) is 17.0. The molecule has 1 aliphatic rings. The number of para-hydroxylation sites is 1. The number of carbonyl (C=O) groups excluding carboxylic acids is 2. The molecule has 2 amide bonds. The standard InChI is InChI=1S/C25H26N6O4/c1-17-8-9-21(34-17)24-20(15-31(27-24)19-6-4-3-5-7-19)25(33)30-12-10-29(11-13-30)16-23(32)26-22-14-18(2)35-28-22/h3-9,14-15H,10-13,16H2,1-2H3,(H,26,28,32). The minimum absolute atomic E-state index is 0.113. The number of aryl methyl sites for hydroxylation is 2. The SMILES string of the molecule is Cc1cc(NC(=O)CN2CCN(C(=O)c3cn(-c4ccccc4)nc3-c3ccc(C)o3)CC2)no1. The van der Waals surface area contributed by atoms with Crippen LogP contribution in [0.15, 0.2) is 63.7 Å². The third kappa shape index (κ3) is 5.02. The molecule has 35 heavy (non-hydrogen) atoms. The highest BCUT2D eigenvalue weighted by molar-refractivity contribution is 5.99. The number of hydrogen-bond acceptors (Lipinski definition) is 7. The monoisotopic (exact) mass is 474 g/mol. The molecule has 0 atom stereocenters. The number of nitrogens with zero attached hydrogens (tertiary/aromatic N) is 5. The third-order valence-electron chi connectivity index (χ3n) is 5.86. The largest absolute Gasteiger partial charge is 0.460 e. The van der Waals surface area contributed by atoms with Gasteiger partial charge in [-0.3, -0.25) is 14.5 Å². The summed E-state index contributed by atoms with van der Waals surface area (Å²) in [5.41, 5.74) is 1.85. The van der Waals surface area contributed by atoms with Gasteiger partial charge in [0.15, 0.2) is 11.6 Å². The van der Waals surface area contributed by atoms with Gasteiger partial charge < -0.3 is 19.2 Å². The van der Waals surface area contributed by atoms with Gasteiger partial charge in [0.2, 0.25) is 5.91 Å². The van der Waals surface area contributed by atoms with Crippen molar-refractivity contribution in [1.29, 1.82) is 0 Å². The molecule has 4 heterocycles. The van der Waals surface area contributed by atoms with Gasteiger partial charge in [-0.15, -0.1) is 0 Å². The molecule has 0 radical (unpaired) electrons. The number of aromatic nitrogens is 3. The van der Waals surface area contributed by atoms with E-state index in [2.05, 4.69) is 15.6 Å². The zero-order chi connectivity index (χ0) is 24.4. The molecule has 5 rings (SSSR count). The number of carbonyl (C=O) groups is 2. The fourth-order valence-electron chi connectivity index (χ4n) is 4.08. The summed E-state index contributed by atoms with van der Waals surface area (Å²) < 4.78 is 12.5. The van der Waals surface area contributed by atoms with Crippen LogP contribution >= 0.6 is 0 Å². The number of nitrogens with one attached hydrogen (secondary N) is 1. The van der Waals surface area contributed by atoms with Gasteiger partial charge in [-0.2, -0.15) is 5.10 Å². The number of furan rings is 1. The maximum absolute atomic E-state index is 13.5. The second-order valence-corrected chi connectivity index (χ2v) is 8.52. The molecule has 10 nitrogen and oxygen atoms in total. The van der Waals surface area contributed by atoms with Crippen molar-refractivity contribution in [1.82, 2.24) is 24.7 Å². The van der Waals surface area contributed by atoms with Crippen LogP contribution in [-0.4, -0.2) is 69.3 Å². The van der Waals surface area contributed by atoms with E-state index in [0.29, 0.717) is 54.8 Å². The molecule has 180 valence electrons. The first-order valence-electron chi connectivity index (χ1n) is 11.4. The Morgan fingerprint density at radius 1 is 1.00 bits per heavy atom. The fraction of sp³-hybridized carbons (Fsp3) is 0.280. The van der Waals surface area contributed by atoms with E-state index >= 15 is 0 Å². The first-order valence-corrected chi connectivity index (χ1v) is 11.4. The molecule has 0 spiro atoms. The summed E-state index contributed by atoms with van der Waals surface area (Å²) in [5, 5.41) is 11.2. The number of anilines is 1. The van der Waals surface area contributed by atoms with E-state index in [1.165, 1.54) is 0 Å². The summed E-state index contributed by atoms with van der Waals surface area (Å²) in [6.45, 7) is 6.01. The van der Waals surface area contributed by atoms with E-state index in [4.69, 9.17) is 8.94 Å². The summed E-state index contributed by atoms with van der Waals surface area (Å²) in [6.07, 6.45) is 1.75. The molecule has 0 aliphatic carbocycles. The van der Waals surface area contributed by atoms with E-state index in [-0.39, 0.29) is 18.4 Å². The summed E-state index contributed by atoms with van der Waals surface area (Å²) in [6, 6.07) is 15.0. The number of amides is 2. The van der Waals surface area contributed by atoms with Gasteiger partial charge in [-0.25, -0.2) is 4.68 Å². The molecule has 3 aromatic heterocycles. The molecular weight excluding hydrogens is 448 g/mol. The van der Waals surface area contributed by atoms with Gasteiger partial charge in [-0.1, -0.05) is 23.4 Å². The Bertz CT molecular complexity index is 1330. The Hall–Kier alpha value is -4.18. The Morgan fingerprint density at radius 2 is 1.77 bits per heavy atom. The zero-order valence-electron chi connectivity index (χ0n) is 19.6. The van der Waals surface area contributed by atoms with Crippen LogP contribution in [0.25, 0.3) is 17.1 Å². The van der Waals surface area contributed by atoms with Crippen molar-refractivity contribution in [2.24, 2.45) is 0 Å². The predicted octanol–water partition coefficient (Wildman–Crippen LogP) is 3.13. The highest BCUT2D eigenvalue weighted by Crippen LogP contribution is 2.27. The van der Waals surface area contributed by atoms with Crippen molar-refractivity contribution in [3.8, 4) is 17.1 Å². The molecular formula is C25H26N6O4. The van der Waals surface area contributed by atoms with Gasteiger partial charge in [0.25, 0.3) is 5.91 Å². The van der Waals surface area contributed by atoms with Crippen LogP contribution in [-0.2, 0) is 4.79 Å². The number of rotatable bonds is 6. The third-order valence-corrected chi connectivity index (χ3v) is 5.86. The Balaban J connectivity index is 1.28. The van der Waals surface area contributed by atoms with E-state index in [0.717, 1.165) is 11.4 Å².